The first kappa shape index (κ1) is 9.61. The lowest BCUT2D eigenvalue weighted by Gasteiger charge is -2.08. The molecule has 0 unspecified atom stereocenters. The molecule has 0 radical (unpaired) electrons. The van der Waals surface area contributed by atoms with Crippen molar-refractivity contribution in [3.8, 4) is 0 Å². The molecule has 1 saturated heterocycles. The van der Waals surface area contributed by atoms with Crippen molar-refractivity contribution < 1.29 is 9.26 Å². The summed E-state index contributed by atoms with van der Waals surface area (Å²) in [6.45, 7) is 4.71. The largest absolute Gasteiger partial charge is 0.367 e. The summed E-state index contributed by atoms with van der Waals surface area (Å²) < 4.78 is 10.5. The molecule has 1 aliphatic heterocycles. The van der Waals surface area contributed by atoms with Crippen LogP contribution in [0, 0.1) is 0 Å². The van der Waals surface area contributed by atoms with Gasteiger partial charge in [-0.3, -0.25) is 0 Å². The first-order chi connectivity index (χ1) is 6.68. The molecular weight excluding hydrogens is 182 g/mol. The van der Waals surface area contributed by atoms with Crippen LogP contribution in [0.2, 0.25) is 0 Å². The van der Waals surface area contributed by atoms with Gasteiger partial charge in [-0.25, -0.2) is 0 Å². The number of nitrogens with two attached hydrogens (primary N) is 1. The van der Waals surface area contributed by atoms with Gasteiger partial charge in [0, 0.05) is 18.6 Å². The van der Waals surface area contributed by atoms with Crippen LogP contribution in [0.15, 0.2) is 4.52 Å². The Morgan fingerprint density at radius 2 is 2.29 bits per heavy atom. The Labute approximate surface area is 82.6 Å². The summed E-state index contributed by atoms with van der Waals surface area (Å²) in [5.41, 5.74) is 5.84. The highest BCUT2D eigenvalue weighted by molar-refractivity contribution is 4.98. The third-order valence-electron chi connectivity index (χ3n) is 2.35. The Kier molecular flexibility index (Phi) is 2.52. The third-order valence-corrected chi connectivity index (χ3v) is 2.35. The monoisotopic (exact) mass is 197 g/mol. The molecule has 1 aromatic rings. The number of nitrogens with zero attached hydrogens (tertiary/aromatic N) is 2. The molecule has 0 aliphatic carbocycles. The van der Waals surface area contributed by atoms with Crippen LogP contribution < -0.4 is 5.73 Å². The van der Waals surface area contributed by atoms with E-state index in [0.29, 0.717) is 18.3 Å². The average molecular weight is 197 g/mol. The Balaban J connectivity index is 2.16. The zero-order chi connectivity index (χ0) is 10.1. The average Bonchev–Trinajstić information content (AvgIpc) is 2.71. The normalized spacial score (nSPS) is 27.4. The molecule has 0 bridgehead atoms. The number of rotatable bonds is 2. The molecule has 0 amide bonds. The number of hydrogen-bond acceptors (Lipinski definition) is 5. The molecule has 1 aromatic heterocycles. The third kappa shape index (κ3) is 1.65. The molecule has 1 fully saturated rings. The van der Waals surface area contributed by atoms with Crippen molar-refractivity contribution in [2.45, 2.75) is 38.3 Å². The Hall–Kier alpha value is -0.940. The van der Waals surface area contributed by atoms with E-state index in [9.17, 15) is 0 Å². The highest BCUT2D eigenvalue weighted by atomic mass is 16.5. The lowest BCUT2D eigenvalue weighted by atomic mass is 10.1. The molecule has 2 heterocycles. The fourth-order valence-corrected chi connectivity index (χ4v) is 1.46. The summed E-state index contributed by atoms with van der Waals surface area (Å²) in [5, 5.41) is 3.87. The van der Waals surface area contributed by atoms with E-state index in [1.165, 1.54) is 0 Å². The van der Waals surface area contributed by atoms with Gasteiger partial charge in [-0.15, -0.1) is 0 Å². The first-order valence-corrected chi connectivity index (χ1v) is 4.89. The number of aromatic nitrogens is 2. The molecule has 2 atom stereocenters. The molecule has 14 heavy (non-hydrogen) atoms. The van der Waals surface area contributed by atoms with Gasteiger partial charge in [0.1, 0.15) is 0 Å². The van der Waals surface area contributed by atoms with Crippen LogP contribution >= 0.6 is 0 Å². The lowest BCUT2D eigenvalue weighted by Crippen LogP contribution is -2.23. The van der Waals surface area contributed by atoms with E-state index in [-0.39, 0.29) is 18.1 Å². The molecular formula is C9H15N3O2. The van der Waals surface area contributed by atoms with Gasteiger partial charge in [-0.05, 0) is 6.42 Å². The lowest BCUT2D eigenvalue weighted by molar-refractivity contribution is 0.0767. The van der Waals surface area contributed by atoms with Crippen molar-refractivity contribution in [1.82, 2.24) is 10.1 Å². The zero-order valence-electron chi connectivity index (χ0n) is 8.43. The summed E-state index contributed by atoms with van der Waals surface area (Å²) in [6.07, 6.45) is 0.638. The number of hydrogen-bond donors (Lipinski definition) is 1. The van der Waals surface area contributed by atoms with Gasteiger partial charge < -0.3 is 15.0 Å². The van der Waals surface area contributed by atoms with Crippen molar-refractivity contribution >= 4 is 0 Å². The molecule has 0 aromatic carbocycles. The van der Waals surface area contributed by atoms with Crippen molar-refractivity contribution in [1.29, 1.82) is 0 Å². The van der Waals surface area contributed by atoms with Gasteiger partial charge in [-0.1, -0.05) is 19.0 Å². The molecule has 1 aliphatic rings. The van der Waals surface area contributed by atoms with E-state index in [2.05, 4.69) is 10.1 Å². The van der Waals surface area contributed by atoms with Crippen LogP contribution in [-0.4, -0.2) is 22.8 Å². The van der Waals surface area contributed by atoms with Crippen LogP contribution in [0.3, 0.4) is 0 Å². The van der Waals surface area contributed by atoms with Crippen molar-refractivity contribution in [3.05, 3.63) is 11.7 Å². The Bertz CT molecular complexity index is 311. The second-order valence-electron chi connectivity index (χ2n) is 3.89. The van der Waals surface area contributed by atoms with E-state index in [0.717, 1.165) is 6.42 Å². The molecule has 5 heteroatoms. The van der Waals surface area contributed by atoms with Crippen LogP contribution in [0.4, 0.5) is 0 Å². The smallest absolute Gasteiger partial charge is 0.257 e. The Morgan fingerprint density at radius 3 is 2.79 bits per heavy atom. The molecule has 0 spiro atoms. The fraction of sp³-hybridized carbons (Fsp3) is 0.778. The topological polar surface area (TPSA) is 74.2 Å². The van der Waals surface area contributed by atoms with E-state index in [1.54, 1.807) is 0 Å². The number of ether oxygens (including phenoxy) is 1. The van der Waals surface area contributed by atoms with Gasteiger partial charge in [0.25, 0.3) is 5.89 Å². The van der Waals surface area contributed by atoms with E-state index >= 15 is 0 Å². The molecule has 0 saturated carbocycles. The minimum Gasteiger partial charge on any atom is -0.367 e. The summed E-state index contributed by atoms with van der Waals surface area (Å²) in [4.78, 5) is 4.26. The van der Waals surface area contributed by atoms with Crippen molar-refractivity contribution in [3.63, 3.8) is 0 Å². The van der Waals surface area contributed by atoms with E-state index < -0.39 is 0 Å². The van der Waals surface area contributed by atoms with Crippen LogP contribution in [0.1, 0.15) is 44.0 Å². The summed E-state index contributed by atoms with van der Waals surface area (Å²) in [5.74, 6) is 1.49. The van der Waals surface area contributed by atoms with Gasteiger partial charge in [0.2, 0.25) is 0 Å². The molecule has 2 N–H and O–H groups in total. The van der Waals surface area contributed by atoms with E-state index in [1.807, 2.05) is 13.8 Å². The molecule has 78 valence electrons. The predicted molar refractivity (Wildman–Crippen MR) is 49.7 cm³/mol. The standard InChI is InChI=1S/C9H15N3O2/c1-5(2)8-11-9(14-12-8)7-6(10)3-4-13-7/h5-7H,3-4,10H2,1-2H3/t6-,7+/m1/s1. The maximum Gasteiger partial charge on any atom is 0.257 e. The highest BCUT2D eigenvalue weighted by Gasteiger charge is 2.31. The second-order valence-corrected chi connectivity index (χ2v) is 3.89. The maximum atomic E-state index is 5.84. The minimum absolute atomic E-state index is 0.0181. The highest BCUT2D eigenvalue weighted by Crippen LogP contribution is 2.27. The minimum atomic E-state index is -0.213. The van der Waals surface area contributed by atoms with Crippen LogP contribution in [-0.2, 0) is 4.74 Å². The fourth-order valence-electron chi connectivity index (χ4n) is 1.46. The van der Waals surface area contributed by atoms with Gasteiger partial charge >= 0.3 is 0 Å². The van der Waals surface area contributed by atoms with Crippen molar-refractivity contribution in [2.24, 2.45) is 5.73 Å². The predicted octanol–water partition coefficient (Wildman–Crippen LogP) is 0.982. The van der Waals surface area contributed by atoms with Crippen LogP contribution in [0.5, 0.6) is 0 Å². The zero-order valence-corrected chi connectivity index (χ0v) is 8.43. The summed E-state index contributed by atoms with van der Waals surface area (Å²) in [6, 6.07) is -0.0181. The van der Waals surface area contributed by atoms with Gasteiger partial charge in [0.05, 0.1) is 0 Å². The second kappa shape index (κ2) is 3.67. The van der Waals surface area contributed by atoms with Gasteiger partial charge in [-0.2, -0.15) is 4.98 Å². The first-order valence-electron chi connectivity index (χ1n) is 4.89. The molecule has 2 rings (SSSR count). The van der Waals surface area contributed by atoms with Gasteiger partial charge in [0.15, 0.2) is 11.9 Å². The quantitative estimate of drug-likeness (QED) is 0.765. The Morgan fingerprint density at radius 1 is 1.50 bits per heavy atom. The SMILES string of the molecule is CC(C)c1noc([C@H]2OCC[C@H]2N)n1. The van der Waals surface area contributed by atoms with Crippen molar-refractivity contribution in [2.75, 3.05) is 6.61 Å². The summed E-state index contributed by atoms with van der Waals surface area (Å²) in [7, 11) is 0. The molecule has 5 nitrogen and oxygen atoms in total. The maximum absolute atomic E-state index is 5.84. The summed E-state index contributed by atoms with van der Waals surface area (Å²) >= 11 is 0. The van der Waals surface area contributed by atoms with E-state index in [4.69, 9.17) is 15.0 Å². The van der Waals surface area contributed by atoms with Crippen LogP contribution in [0.25, 0.3) is 0 Å².